The molecule has 3 aromatic rings. The highest BCUT2D eigenvalue weighted by molar-refractivity contribution is 7.10. The standard InChI is InChI=1S/C22H19N3O3S/c1-3-25-20(26)19(12-17-13(2)23-18-10-5-4-9-16(17)18)29-22(25)24-15-8-6-7-14(11-15)21(27)28/h4-12,26H,3H2,1-2H3,(H,27,28). The molecule has 29 heavy (non-hydrogen) atoms. The topological polar surface area (TPSA) is 87.2 Å². The average Bonchev–Trinajstić information content (AvgIpc) is 3.18. The summed E-state index contributed by atoms with van der Waals surface area (Å²) in [5.41, 5.74) is 4.53. The lowest BCUT2D eigenvalue weighted by molar-refractivity contribution is 0.0697. The Morgan fingerprint density at radius 1 is 1.24 bits per heavy atom. The van der Waals surface area contributed by atoms with Crippen molar-refractivity contribution in [3.8, 4) is 5.88 Å². The number of allylic oxidation sites excluding steroid dienone is 1. The van der Waals surface area contributed by atoms with E-state index in [0.717, 1.165) is 22.5 Å². The van der Waals surface area contributed by atoms with Gasteiger partial charge in [0, 0.05) is 23.4 Å². The number of hydrogen-bond acceptors (Lipinski definition) is 5. The van der Waals surface area contributed by atoms with Crippen LogP contribution in [-0.4, -0.2) is 26.5 Å². The smallest absolute Gasteiger partial charge is 0.335 e. The van der Waals surface area contributed by atoms with Gasteiger partial charge in [-0.3, -0.25) is 9.56 Å². The Bertz CT molecular complexity index is 1250. The summed E-state index contributed by atoms with van der Waals surface area (Å²) in [5.74, 6) is -0.866. The van der Waals surface area contributed by atoms with Gasteiger partial charge in [-0.1, -0.05) is 35.6 Å². The lowest BCUT2D eigenvalue weighted by Gasteiger charge is -2.02. The van der Waals surface area contributed by atoms with Crippen molar-refractivity contribution < 1.29 is 15.0 Å². The molecule has 0 amide bonds. The SMILES string of the molecule is CCn1c(O)c(C=C2C(C)=Nc3ccccc32)sc1=Nc1cccc(C(=O)O)c1. The van der Waals surface area contributed by atoms with Crippen molar-refractivity contribution in [3.63, 3.8) is 0 Å². The monoisotopic (exact) mass is 405 g/mol. The molecule has 0 spiro atoms. The number of benzene rings is 2. The second-order valence-electron chi connectivity index (χ2n) is 6.56. The Balaban J connectivity index is 1.83. The van der Waals surface area contributed by atoms with Crippen LogP contribution in [-0.2, 0) is 6.54 Å². The van der Waals surface area contributed by atoms with Crippen molar-refractivity contribution in [2.24, 2.45) is 9.98 Å². The molecule has 4 rings (SSSR count). The molecule has 0 saturated carbocycles. The molecule has 1 aliphatic heterocycles. The third kappa shape index (κ3) is 3.52. The van der Waals surface area contributed by atoms with Gasteiger partial charge in [0.2, 0.25) is 5.88 Å². The lowest BCUT2D eigenvalue weighted by Crippen LogP contribution is -2.12. The zero-order valence-electron chi connectivity index (χ0n) is 16.0. The second kappa shape index (κ2) is 7.52. The molecule has 0 unspecified atom stereocenters. The second-order valence-corrected chi connectivity index (χ2v) is 7.57. The number of aromatic carboxylic acids is 1. The van der Waals surface area contributed by atoms with E-state index in [1.54, 1.807) is 16.7 Å². The molecule has 0 atom stereocenters. The molecule has 0 aliphatic carbocycles. The van der Waals surface area contributed by atoms with Crippen LogP contribution in [0.5, 0.6) is 5.88 Å². The summed E-state index contributed by atoms with van der Waals surface area (Å²) < 4.78 is 1.71. The zero-order valence-corrected chi connectivity index (χ0v) is 16.8. The van der Waals surface area contributed by atoms with Crippen LogP contribution in [0.25, 0.3) is 11.6 Å². The van der Waals surface area contributed by atoms with Gasteiger partial charge in [-0.2, -0.15) is 0 Å². The minimum Gasteiger partial charge on any atom is -0.493 e. The van der Waals surface area contributed by atoms with Crippen LogP contribution in [0.1, 0.15) is 34.6 Å². The highest BCUT2D eigenvalue weighted by Crippen LogP contribution is 2.37. The normalized spacial score (nSPS) is 14.9. The Morgan fingerprint density at radius 3 is 2.79 bits per heavy atom. The number of thiazole rings is 1. The summed E-state index contributed by atoms with van der Waals surface area (Å²) in [4.78, 5) is 21.6. The number of carboxylic acid groups (broad SMARTS) is 1. The summed E-state index contributed by atoms with van der Waals surface area (Å²) in [6.07, 6.45) is 1.93. The molecule has 0 saturated heterocycles. The minimum absolute atomic E-state index is 0.135. The summed E-state index contributed by atoms with van der Waals surface area (Å²) >= 11 is 1.35. The van der Waals surface area contributed by atoms with Crippen LogP contribution in [0.3, 0.4) is 0 Å². The van der Waals surface area contributed by atoms with Crippen molar-refractivity contribution in [1.29, 1.82) is 0 Å². The van der Waals surface area contributed by atoms with E-state index >= 15 is 0 Å². The summed E-state index contributed by atoms with van der Waals surface area (Å²) in [6, 6.07) is 14.3. The van der Waals surface area contributed by atoms with Crippen molar-refractivity contribution in [3.05, 3.63) is 69.3 Å². The van der Waals surface area contributed by atoms with Crippen LogP contribution >= 0.6 is 11.3 Å². The fourth-order valence-corrected chi connectivity index (χ4v) is 4.30. The molecule has 0 bridgehead atoms. The first-order chi connectivity index (χ1) is 14.0. The van der Waals surface area contributed by atoms with Gasteiger partial charge in [0.15, 0.2) is 4.80 Å². The van der Waals surface area contributed by atoms with Gasteiger partial charge in [0.25, 0.3) is 0 Å². The number of para-hydroxylation sites is 1. The van der Waals surface area contributed by atoms with Gasteiger partial charge in [-0.25, -0.2) is 9.79 Å². The quantitative estimate of drug-likeness (QED) is 0.650. The third-order valence-electron chi connectivity index (χ3n) is 4.69. The molecule has 2 aromatic carbocycles. The first kappa shape index (κ1) is 18.9. The number of aromatic nitrogens is 1. The largest absolute Gasteiger partial charge is 0.493 e. The molecular weight excluding hydrogens is 386 g/mol. The van der Waals surface area contributed by atoms with Crippen molar-refractivity contribution in [1.82, 2.24) is 4.57 Å². The van der Waals surface area contributed by atoms with E-state index in [1.807, 2.05) is 44.2 Å². The highest BCUT2D eigenvalue weighted by Gasteiger charge is 2.19. The van der Waals surface area contributed by atoms with Crippen molar-refractivity contribution in [2.45, 2.75) is 20.4 Å². The number of nitrogens with zero attached hydrogens (tertiary/aromatic N) is 3. The Hall–Kier alpha value is -3.45. The number of fused-ring (bicyclic) bond motifs is 1. The van der Waals surface area contributed by atoms with Gasteiger partial charge in [-0.15, -0.1) is 0 Å². The maximum absolute atomic E-state index is 11.2. The lowest BCUT2D eigenvalue weighted by atomic mass is 10.0. The number of carboxylic acids is 1. The van der Waals surface area contributed by atoms with E-state index in [2.05, 4.69) is 9.98 Å². The van der Waals surface area contributed by atoms with Crippen LogP contribution in [0.4, 0.5) is 11.4 Å². The maximum atomic E-state index is 11.2. The minimum atomic E-state index is -1.00. The molecule has 2 N–H and O–H groups in total. The summed E-state index contributed by atoms with van der Waals surface area (Å²) in [7, 11) is 0. The van der Waals surface area contributed by atoms with Gasteiger partial charge >= 0.3 is 5.97 Å². The maximum Gasteiger partial charge on any atom is 0.335 e. The van der Waals surface area contributed by atoms with Gasteiger partial charge in [-0.05, 0) is 44.2 Å². The van der Waals surface area contributed by atoms with Crippen molar-refractivity contribution in [2.75, 3.05) is 0 Å². The van der Waals surface area contributed by atoms with E-state index in [4.69, 9.17) is 0 Å². The number of aromatic hydroxyl groups is 1. The molecule has 0 fully saturated rings. The predicted octanol–water partition coefficient (Wildman–Crippen LogP) is 4.85. The first-order valence-electron chi connectivity index (χ1n) is 9.15. The highest BCUT2D eigenvalue weighted by atomic mass is 32.1. The van der Waals surface area contributed by atoms with E-state index in [9.17, 15) is 15.0 Å². The molecule has 6 nitrogen and oxygen atoms in total. The Morgan fingerprint density at radius 2 is 2.03 bits per heavy atom. The predicted molar refractivity (Wildman–Crippen MR) is 115 cm³/mol. The number of carbonyl (C=O) groups is 1. The fraction of sp³-hybridized carbons (Fsp3) is 0.136. The first-order valence-corrected chi connectivity index (χ1v) is 9.97. The molecule has 1 aromatic heterocycles. The molecule has 146 valence electrons. The van der Waals surface area contributed by atoms with Gasteiger partial charge in [0.05, 0.1) is 21.8 Å². The van der Waals surface area contributed by atoms with E-state index in [1.165, 1.54) is 23.5 Å². The molecule has 1 aliphatic rings. The summed E-state index contributed by atoms with van der Waals surface area (Å²) in [5, 5.41) is 19.9. The number of aliphatic imine (C=N–C) groups is 1. The fourth-order valence-electron chi connectivity index (χ4n) is 3.25. The number of rotatable bonds is 4. The van der Waals surface area contributed by atoms with Crippen LogP contribution in [0.2, 0.25) is 0 Å². The zero-order chi connectivity index (χ0) is 20.5. The van der Waals surface area contributed by atoms with E-state index < -0.39 is 5.97 Å². The summed E-state index contributed by atoms with van der Waals surface area (Å²) in [6.45, 7) is 4.41. The Labute approximate surface area is 171 Å². The van der Waals surface area contributed by atoms with Crippen LogP contribution in [0.15, 0.2) is 58.5 Å². The Kier molecular flexibility index (Phi) is 4.90. The third-order valence-corrected chi connectivity index (χ3v) is 5.70. The molecule has 7 heteroatoms. The number of hydrogen-bond donors (Lipinski definition) is 2. The van der Waals surface area contributed by atoms with E-state index in [-0.39, 0.29) is 11.4 Å². The molecule has 0 radical (unpaired) electrons. The van der Waals surface area contributed by atoms with Gasteiger partial charge < -0.3 is 10.2 Å². The molecular formula is C22H19N3O3S. The van der Waals surface area contributed by atoms with Gasteiger partial charge in [0.1, 0.15) is 0 Å². The van der Waals surface area contributed by atoms with Crippen LogP contribution in [0, 0.1) is 0 Å². The van der Waals surface area contributed by atoms with Crippen LogP contribution < -0.4 is 4.80 Å². The molecule has 2 heterocycles. The average molecular weight is 405 g/mol. The van der Waals surface area contributed by atoms with Crippen molar-refractivity contribution >= 4 is 46.0 Å². The van der Waals surface area contributed by atoms with E-state index in [0.29, 0.717) is 21.9 Å².